The second kappa shape index (κ2) is 8.61. The number of aliphatic imine (C=N–C) groups is 1. The summed E-state index contributed by atoms with van der Waals surface area (Å²) in [5.74, 6) is 2.27. The van der Waals surface area contributed by atoms with E-state index in [-0.39, 0.29) is 0 Å². The van der Waals surface area contributed by atoms with Gasteiger partial charge in [0.25, 0.3) is 0 Å². The van der Waals surface area contributed by atoms with Crippen molar-refractivity contribution >= 4 is 11.8 Å². The number of nitrogens with two attached hydrogens (primary N) is 1. The largest absolute Gasteiger partial charge is 0.370 e. The quantitative estimate of drug-likeness (QED) is 0.626. The van der Waals surface area contributed by atoms with Gasteiger partial charge in [0, 0.05) is 25.8 Å². The lowest BCUT2D eigenvalue weighted by molar-refractivity contribution is 0.573. The number of guanidine groups is 1. The first-order chi connectivity index (χ1) is 10.6. The molecule has 5 heteroatoms. The zero-order chi connectivity index (χ0) is 15.8. The minimum absolute atomic E-state index is 0.525. The first-order valence-corrected chi connectivity index (χ1v) is 8.39. The molecule has 2 heterocycles. The fourth-order valence-electron chi connectivity index (χ4n) is 2.58. The molecule has 1 aromatic rings. The summed E-state index contributed by atoms with van der Waals surface area (Å²) in [4.78, 5) is 11.3. The number of nitrogens with zero attached hydrogens (tertiary/aromatic N) is 3. The van der Waals surface area contributed by atoms with Crippen molar-refractivity contribution in [3.63, 3.8) is 0 Å². The zero-order valence-electron chi connectivity index (χ0n) is 13.9. The van der Waals surface area contributed by atoms with Crippen LogP contribution in [0, 0.1) is 5.92 Å². The Morgan fingerprint density at radius 2 is 2.14 bits per heavy atom. The highest BCUT2D eigenvalue weighted by atomic mass is 15.2. The average Bonchev–Trinajstić information content (AvgIpc) is 2.54. The van der Waals surface area contributed by atoms with E-state index in [0.29, 0.717) is 18.4 Å². The fraction of sp³-hybridized carbons (Fsp3) is 0.647. The predicted octanol–water partition coefficient (Wildman–Crippen LogP) is 2.52. The van der Waals surface area contributed by atoms with Crippen molar-refractivity contribution in [3.05, 3.63) is 23.9 Å². The molecule has 0 spiro atoms. The van der Waals surface area contributed by atoms with Gasteiger partial charge in [-0.1, -0.05) is 13.8 Å². The van der Waals surface area contributed by atoms with Crippen LogP contribution < -0.4 is 16.0 Å². The fourth-order valence-corrected chi connectivity index (χ4v) is 2.58. The molecule has 0 aliphatic carbocycles. The van der Waals surface area contributed by atoms with Gasteiger partial charge in [0.05, 0.1) is 6.54 Å². The third kappa shape index (κ3) is 5.54. The Labute approximate surface area is 134 Å². The summed E-state index contributed by atoms with van der Waals surface area (Å²) in [6, 6.07) is 4.15. The molecule has 1 fully saturated rings. The van der Waals surface area contributed by atoms with Gasteiger partial charge in [-0.25, -0.2) is 9.98 Å². The van der Waals surface area contributed by atoms with Crippen molar-refractivity contribution in [1.82, 2.24) is 10.3 Å². The number of piperidine rings is 1. The van der Waals surface area contributed by atoms with Gasteiger partial charge in [-0.2, -0.15) is 0 Å². The van der Waals surface area contributed by atoms with Crippen LogP contribution in [-0.2, 0) is 6.54 Å². The van der Waals surface area contributed by atoms with Crippen molar-refractivity contribution in [2.24, 2.45) is 16.6 Å². The lowest BCUT2D eigenvalue weighted by atomic mass is 10.1. The van der Waals surface area contributed by atoms with Gasteiger partial charge in [0.2, 0.25) is 0 Å². The Morgan fingerprint density at radius 1 is 1.36 bits per heavy atom. The van der Waals surface area contributed by atoms with Crippen LogP contribution in [0.2, 0.25) is 0 Å². The van der Waals surface area contributed by atoms with Crippen molar-refractivity contribution < 1.29 is 0 Å². The van der Waals surface area contributed by atoms with Crippen molar-refractivity contribution in [2.45, 2.75) is 46.1 Å². The average molecular weight is 303 g/mol. The third-order valence-electron chi connectivity index (χ3n) is 3.95. The maximum Gasteiger partial charge on any atom is 0.188 e. The van der Waals surface area contributed by atoms with E-state index < -0.39 is 0 Å². The molecule has 0 radical (unpaired) electrons. The standard InChI is InChI=1S/C17H29N5/c1-14(2)6-8-20-17(18)21-13-15-7-9-19-16(12-15)22-10-4-3-5-11-22/h7,9,12,14H,3-6,8,10-11,13H2,1-2H3,(H3,18,20,21). The molecule has 0 unspecified atom stereocenters. The van der Waals surface area contributed by atoms with E-state index in [0.717, 1.165) is 37.4 Å². The molecular weight excluding hydrogens is 274 g/mol. The van der Waals surface area contributed by atoms with Gasteiger partial charge in [-0.05, 0) is 49.3 Å². The van der Waals surface area contributed by atoms with E-state index in [2.05, 4.69) is 40.1 Å². The van der Waals surface area contributed by atoms with Crippen LogP contribution in [0.4, 0.5) is 5.82 Å². The van der Waals surface area contributed by atoms with Crippen molar-refractivity contribution in [1.29, 1.82) is 0 Å². The van der Waals surface area contributed by atoms with Gasteiger partial charge in [-0.15, -0.1) is 0 Å². The summed E-state index contributed by atoms with van der Waals surface area (Å²) >= 11 is 0. The second-order valence-electron chi connectivity index (χ2n) is 6.38. The summed E-state index contributed by atoms with van der Waals surface area (Å²) in [7, 11) is 0. The lowest BCUT2D eigenvalue weighted by Gasteiger charge is -2.27. The first-order valence-electron chi connectivity index (χ1n) is 8.39. The number of rotatable bonds is 6. The highest BCUT2D eigenvalue weighted by molar-refractivity contribution is 5.77. The Hall–Kier alpha value is -1.78. The molecule has 1 aliphatic rings. The molecule has 2 rings (SSSR count). The summed E-state index contributed by atoms with van der Waals surface area (Å²) in [5, 5.41) is 3.16. The van der Waals surface area contributed by atoms with Crippen LogP contribution >= 0.6 is 0 Å². The molecule has 5 nitrogen and oxygen atoms in total. The molecule has 0 saturated carbocycles. The van der Waals surface area contributed by atoms with Gasteiger partial charge >= 0.3 is 0 Å². The van der Waals surface area contributed by atoms with E-state index in [4.69, 9.17) is 5.73 Å². The molecule has 3 N–H and O–H groups in total. The number of pyridine rings is 1. The van der Waals surface area contributed by atoms with Gasteiger partial charge in [-0.3, -0.25) is 0 Å². The smallest absolute Gasteiger partial charge is 0.188 e. The Morgan fingerprint density at radius 3 is 2.86 bits per heavy atom. The van der Waals surface area contributed by atoms with Crippen LogP contribution in [0.3, 0.4) is 0 Å². The number of aromatic nitrogens is 1. The van der Waals surface area contributed by atoms with Crippen molar-refractivity contribution in [2.75, 3.05) is 24.5 Å². The second-order valence-corrected chi connectivity index (χ2v) is 6.38. The summed E-state index contributed by atoms with van der Waals surface area (Å²) in [6.45, 7) is 8.10. The van der Waals surface area contributed by atoms with E-state index in [1.165, 1.54) is 19.3 Å². The molecule has 122 valence electrons. The van der Waals surface area contributed by atoms with Crippen LogP contribution in [0.5, 0.6) is 0 Å². The molecule has 0 bridgehead atoms. The van der Waals surface area contributed by atoms with Gasteiger partial charge in [0.1, 0.15) is 5.82 Å². The minimum atomic E-state index is 0.525. The third-order valence-corrected chi connectivity index (χ3v) is 3.95. The zero-order valence-corrected chi connectivity index (χ0v) is 13.9. The molecule has 1 aliphatic heterocycles. The number of nitrogens with one attached hydrogen (secondary N) is 1. The number of hydrogen-bond acceptors (Lipinski definition) is 3. The Balaban J connectivity index is 1.86. The topological polar surface area (TPSA) is 66.5 Å². The molecule has 22 heavy (non-hydrogen) atoms. The SMILES string of the molecule is CC(C)CCNC(N)=NCc1ccnc(N2CCCCC2)c1. The van der Waals surface area contributed by atoms with Gasteiger partial charge in [0.15, 0.2) is 5.96 Å². The molecule has 1 aromatic heterocycles. The normalized spacial score (nSPS) is 16.1. The Kier molecular flexibility index (Phi) is 6.49. The highest BCUT2D eigenvalue weighted by Gasteiger charge is 2.12. The van der Waals surface area contributed by atoms with Crippen molar-refractivity contribution in [3.8, 4) is 0 Å². The molecule has 0 amide bonds. The van der Waals surface area contributed by atoms with Crippen LogP contribution in [0.1, 0.15) is 45.1 Å². The van der Waals surface area contributed by atoms with Crippen LogP contribution in [0.15, 0.2) is 23.3 Å². The van der Waals surface area contributed by atoms with E-state index >= 15 is 0 Å². The molecule has 1 saturated heterocycles. The van der Waals surface area contributed by atoms with E-state index in [9.17, 15) is 0 Å². The maximum atomic E-state index is 5.90. The van der Waals surface area contributed by atoms with Crippen LogP contribution in [-0.4, -0.2) is 30.6 Å². The summed E-state index contributed by atoms with van der Waals surface area (Å²) < 4.78 is 0. The van der Waals surface area contributed by atoms with Crippen LogP contribution in [0.25, 0.3) is 0 Å². The molecule has 0 atom stereocenters. The predicted molar refractivity (Wildman–Crippen MR) is 93.1 cm³/mol. The van der Waals surface area contributed by atoms with Gasteiger partial charge < -0.3 is 16.0 Å². The Bertz CT molecular complexity index is 478. The molecule has 0 aromatic carbocycles. The summed E-state index contributed by atoms with van der Waals surface area (Å²) in [5.41, 5.74) is 7.06. The number of hydrogen-bond donors (Lipinski definition) is 2. The molecular formula is C17H29N5. The van der Waals surface area contributed by atoms with E-state index in [1.807, 2.05) is 12.3 Å². The highest BCUT2D eigenvalue weighted by Crippen LogP contribution is 2.18. The van der Waals surface area contributed by atoms with E-state index in [1.54, 1.807) is 0 Å². The first kappa shape index (κ1) is 16.6. The lowest BCUT2D eigenvalue weighted by Crippen LogP contribution is -2.33. The summed E-state index contributed by atoms with van der Waals surface area (Å²) in [6.07, 6.45) is 6.83. The minimum Gasteiger partial charge on any atom is -0.370 e. The monoisotopic (exact) mass is 303 g/mol. The number of anilines is 1. The maximum absolute atomic E-state index is 5.90.